The summed E-state index contributed by atoms with van der Waals surface area (Å²) in [6.07, 6.45) is 2.07. The molecule has 0 radical (unpaired) electrons. The smallest absolute Gasteiger partial charge is 0.303 e. The van der Waals surface area contributed by atoms with Gasteiger partial charge in [-0.1, -0.05) is 6.92 Å². The Hall–Kier alpha value is -1.85. The standard InChI is InChI=1S/C14H21N3O3/c1-9(6-13(18)19)11-4-3-5-17(8-11)14(20)12-7-10(2)15-16-12/h7,9,11H,3-6,8H2,1-2H3,(H,15,16)(H,18,19). The Labute approximate surface area is 118 Å². The molecule has 0 aliphatic carbocycles. The van der Waals surface area contributed by atoms with Gasteiger partial charge in [-0.3, -0.25) is 14.7 Å². The molecule has 1 fully saturated rings. The molecular formula is C14H21N3O3. The van der Waals surface area contributed by atoms with Crippen LogP contribution in [0, 0.1) is 18.8 Å². The number of aromatic amines is 1. The molecule has 1 aliphatic heterocycles. The highest BCUT2D eigenvalue weighted by Gasteiger charge is 2.29. The molecule has 0 aromatic carbocycles. The van der Waals surface area contributed by atoms with Crippen LogP contribution in [-0.2, 0) is 4.79 Å². The summed E-state index contributed by atoms with van der Waals surface area (Å²) in [5.74, 6) is -0.502. The van der Waals surface area contributed by atoms with E-state index in [4.69, 9.17) is 5.11 Å². The van der Waals surface area contributed by atoms with E-state index in [1.54, 1.807) is 11.0 Å². The highest BCUT2D eigenvalue weighted by molar-refractivity contribution is 5.92. The lowest BCUT2D eigenvalue weighted by molar-refractivity contribution is -0.138. The molecule has 2 unspecified atom stereocenters. The molecule has 2 N–H and O–H groups in total. The Balaban J connectivity index is 1.99. The fraction of sp³-hybridized carbons (Fsp3) is 0.643. The average Bonchev–Trinajstić information content (AvgIpc) is 2.84. The summed E-state index contributed by atoms with van der Waals surface area (Å²) >= 11 is 0. The molecule has 1 aromatic heterocycles. The number of aliphatic carboxylic acids is 1. The molecule has 6 nitrogen and oxygen atoms in total. The molecule has 2 rings (SSSR count). The SMILES string of the molecule is Cc1cc(C(=O)N2CCCC(C(C)CC(=O)O)C2)n[nH]1. The maximum absolute atomic E-state index is 12.3. The van der Waals surface area contributed by atoms with Gasteiger partial charge in [0.15, 0.2) is 0 Å². The van der Waals surface area contributed by atoms with Crippen LogP contribution < -0.4 is 0 Å². The monoisotopic (exact) mass is 279 g/mol. The number of aromatic nitrogens is 2. The van der Waals surface area contributed by atoms with E-state index in [2.05, 4.69) is 10.2 Å². The molecule has 0 saturated carbocycles. The lowest BCUT2D eigenvalue weighted by Crippen LogP contribution is -2.42. The highest BCUT2D eigenvalue weighted by Crippen LogP contribution is 2.26. The van der Waals surface area contributed by atoms with E-state index in [-0.39, 0.29) is 24.2 Å². The first-order valence-corrected chi connectivity index (χ1v) is 7.00. The number of carboxylic acids is 1. The lowest BCUT2D eigenvalue weighted by atomic mass is 9.84. The van der Waals surface area contributed by atoms with Crippen molar-refractivity contribution < 1.29 is 14.7 Å². The predicted octanol–water partition coefficient (Wildman–Crippen LogP) is 1.68. The summed E-state index contributed by atoms with van der Waals surface area (Å²) in [5, 5.41) is 15.6. The van der Waals surface area contributed by atoms with Crippen LogP contribution >= 0.6 is 0 Å². The first kappa shape index (κ1) is 14.6. The molecule has 2 atom stereocenters. The average molecular weight is 279 g/mol. The van der Waals surface area contributed by atoms with Crippen LogP contribution in [0.3, 0.4) is 0 Å². The first-order chi connectivity index (χ1) is 9.47. The second-order valence-electron chi connectivity index (χ2n) is 5.66. The van der Waals surface area contributed by atoms with Crippen molar-refractivity contribution in [3.8, 4) is 0 Å². The van der Waals surface area contributed by atoms with Gasteiger partial charge in [0.1, 0.15) is 5.69 Å². The van der Waals surface area contributed by atoms with Gasteiger partial charge in [0.05, 0.1) is 0 Å². The fourth-order valence-corrected chi connectivity index (χ4v) is 2.79. The topological polar surface area (TPSA) is 86.3 Å². The third-order valence-corrected chi connectivity index (χ3v) is 3.97. The number of hydrogen-bond acceptors (Lipinski definition) is 3. The van der Waals surface area contributed by atoms with Crippen molar-refractivity contribution in [2.24, 2.45) is 11.8 Å². The van der Waals surface area contributed by atoms with E-state index in [9.17, 15) is 9.59 Å². The Bertz CT molecular complexity index is 498. The number of amides is 1. The van der Waals surface area contributed by atoms with Crippen molar-refractivity contribution in [2.45, 2.75) is 33.1 Å². The van der Waals surface area contributed by atoms with Crippen molar-refractivity contribution in [3.05, 3.63) is 17.5 Å². The summed E-state index contributed by atoms with van der Waals surface area (Å²) in [7, 11) is 0. The molecule has 0 bridgehead atoms. The third-order valence-electron chi connectivity index (χ3n) is 3.97. The molecule has 1 amide bonds. The van der Waals surface area contributed by atoms with E-state index in [1.807, 2.05) is 13.8 Å². The first-order valence-electron chi connectivity index (χ1n) is 7.00. The van der Waals surface area contributed by atoms with Crippen molar-refractivity contribution in [2.75, 3.05) is 13.1 Å². The molecule has 1 saturated heterocycles. The molecule has 1 aliphatic rings. The van der Waals surface area contributed by atoms with Crippen molar-refractivity contribution in [1.29, 1.82) is 0 Å². The second kappa shape index (κ2) is 6.07. The van der Waals surface area contributed by atoms with Gasteiger partial charge in [-0.2, -0.15) is 5.10 Å². The number of aryl methyl sites for hydroxylation is 1. The van der Waals surface area contributed by atoms with Crippen LogP contribution in [-0.4, -0.2) is 45.2 Å². The van der Waals surface area contributed by atoms with Crippen LogP contribution in [0.25, 0.3) is 0 Å². The second-order valence-corrected chi connectivity index (χ2v) is 5.66. The lowest BCUT2D eigenvalue weighted by Gasteiger charge is -2.35. The van der Waals surface area contributed by atoms with Crippen molar-refractivity contribution in [3.63, 3.8) is 0 Å². The number of nitrogens with zero attached hydrogens (tertiary/aromatic N) is 2. The molecular weight excluding hydrogens is 258 g/mol. The van der Waals surface area contributed by atoms with Crippen LogP contribution in [0.1, 0.15) is 42.4 Å². The quantitative estimate of drug-likeness (QED) is 0.878. The number of piperidine rings is 1. The van der Waals surface area contributed by atoms with Gasteiger partial charge in [0.25, 0.3) is 5.91 Å². The molecule has 1 aromatic rings. The Morgan fingerprint density at radius 2 is 2.35 bits per heavy atom. The Morgan fingerprint density at radius 1 is 1.60 bits per heavy atom. The zero-order valence-electron chi connectivity index (χ0n) is 11.9. The minimum atomic E-state index is -0.774. The predicted molar refractivity (Wildman–Crippen MR) is 73.4 cm³/mol. The van der Waals surface area contributed by atoms with Crippen LogP contribution in [0.4, 0.5) is 0 Å². The number of rotatable bonds is 4. The van der Waals surface area contributed by atoms with Gasteiger partial charge in [-0.15, -0.1) is 0 Å². The van der Waals surface area contributed by atoms with E-state index in [0.717, 1.165) is 25.1 Å². The number of carbonyl (C=O) groups excluding carboxylic acids is 1. The summed E-state index contributed by atoms with van der Waals surface area (Å²) < 4.78 is 0. The number of nitrogens with one attached hydrogen (secondary N) is 1. The molecule has 0 spiro atoms. The minimum Gasteiger partial charge on any atom is -0.481 e. The molecule has 6 heteroatoms. The van der Waals surface area contributed by atoms with E-state index in [0.29, 0.717) is 12.2 Å². The zero-order valence-corrected chi connectivity index (χ0v) is 11.9. The fourth-order valence-electron chi connectivity index (χ4n) is 2.79. The van der Waals surface area contributed by atoms with Gasteiger partial charge < -0.3 is 10.0 Å². The summed E-state index contributed by atoms with van der Waals surface area (Å²) in [4.78, 5) is 24.9. The van der Waals surface area contributed by atoms with Crippen LogP contribution in [0.2, 0.25) is 0 Å². The largest absolute Gasteiger partial charge is 0.481 e. The third kappa shape index (κ3) is 3.37. The minimum absolute atomic E-state index is 0.0680. The van der Waals surface area contributed by atoms with Crippen molar-refractivity contribution >= 4 is 11.9 Å². The van der Waals surface area contributed by atoms with E-state index < -0.39 is 5.97 Å². The van der Waals surface area contributed by atoms with Gasteiger partial charge in [-0.05, 0) is 37.7 Å². The zero-order chi connectivity index (χ0) is 14.7. The summed E-state index contributed by atoms with van der Waals surface area (Å²) in [6.45, 7) is 5.16. The van der Waals surface area contributed by atoms with E-state index in [1.165, 1.54) is 0 Å². The molecule has 110 valence electrons. The number of hydrogen-bond donors (Lipinski definition) is 2. The Morgan fingerprint density at radius 3 is 2.95 bits per heavy atom. The molecule has 20 heavy (non-hydrogen) atoms. The van der Waals surface area contributed by atoms with Crippen LogP contribution in [0.5, 0.6) is 0 Å². The number of H-pyrrole nitrogens is 1. The number of likely N-dealkylation sites (tertiary alicyclic amines) is 1. The van der Waals surface area contributed by atoms with Crippen LogP contribution in [0.15, 0.2) is 6.07 Å². The van der Waals surface area contributed by atoms with Gasteiger partial charge >= 0.3 is 5.97 Å². The maximum Gasteiger partial charge on any atom is 0.303 e. The normalized spacial score (nSPS) is 20.7. The molecule has 2 heterocycles. The number of carboxylic acid groups (broad SMARTS) is 1. The highest BCUT2D eigenvalue weighted by atomic mass is 16.4. The van der Waals surface area contributed by atoms with Gasteiger partial charge in [-0.25, -0.2) is 0 Å². The van der Waals surface area contributed by atoms with Gasteiger partial charge in [0.2, 0.25) is 0 Å². The Kier molecular flexibility index (Phi) is 4.42. The summed E-state index contributed by atoms with van der Waals surface area (Å²) in [6, 6.07) is 1.74. The maximum atomic E-state index is 12.3. The van der Waals surface area contributed by atoms with E-state index >= 15 is 0 Å². The van der Waals surface area contributed by atoms with Gasteiger partial charge in [0, 0.05) is 25.2 Å². The van der Waals surface area contributed by atoms with Crippen molar-refractivity contribution in [1.82, 2.24) is 15.1 Å². The number of carbonyl (C=O) groups is 2. The summed E-state index contributed by atoms with van der Waals surface area (Å²) in [5.41, 5.74) is 1.30.